The summed E-state index contributed by atoms with van der Waals surface area (Å²) in [7, 11) is 4.45. The van der Waals surface area contributed by atoms with Gasteiger partial charge in [0.05, 0.1) is 26.9 Å². The molecule has 2 rings (SSSR count). The molecule has 0 spiro atoms. The second-order valence-electron chi connectivity index (χ2n) is 4.70. The molecule has 5 heteroatoms. The van der Waals surface area contributed by atoms with Gasteiger partial charge in [-0.15, -0.1) is 0 Å². The van der Waals surface area contributed by atoms with Crippen molar-refractivity contribution in [2.75, 3.05) is 21.3 Å². The molecule has 0 fully saturated rings. The van der Waals surface area contributed by atoms with Crippen LogP contribution in [0.2, 0.25) is 0 Å². The number of carbonyl (C=O) groups is 1. The van der Waals surface area contributed by atoms with Crippen molar-refractivity contribution in [2.45, 2.75) is 0 Å². The number of rotatable bonds is 6. The number of ether oxygens (including phenoxy) is 3. The SMILES string of the molecule is C=Cc1c(C(N)=O)c(OC)c(OC)c(OC)c1-c1ccccc1. The molecule has 120 valence electrons. The molecule has 0 aliphatic carbocycles. The largest absolute Gasteiger partial charge is 0.492 e. The van der Waals surface area contributed by atoms with Crippen LogP contribution in [0.5, 0.6) is 17.2 Å². The second kappa shape index (κ2) is 6.87. The Balaban J connectivity index is 3.02. The van der Waals surface area contributed by atoms with E-state index >= 15 is 0 Å². The molecule has 0 saturated carbocycles. The Labute approximate surface area is 135 Å². The van der Waals surface area contributed by atoms with Gasteiger partial charge in [-0.2, -0.15) is 0 Å². The van der Waals surface area contributed by atoms with Crippen LogP contribution in [0.1, 0.15) is 15.9 Å². The monoisotopic (exact) mass is 313 g/mol. The molecule has 5 nitrogen and oxygen atoms in total. The van der Waals surface area contributed by atoms with Crippen molar-refractivity contribution in [3.63, 3.8) is 0 Å². The van der Waals surface area contributed by atoms with Gasteiger partial charge in [0, 0.05) is 11.1 Å². The van der Waals surface area contributed by atoms with Gasteiger partial charge in [0.1, 0.15) is 0 Å². The van der Waals surface area contributed by atoms with Gasteiger partial charge in [-0.1, -0.05) is 43.0 Å². The molecule has 0 atom stereocenters. The van der Waals surface area contributed by atoms with Crippen molar-refractivity contribution in [1.29, 1.82) is 0 Å². The highest BCUT2D eigenvalue weighted by atomic mass is 16.5. The van der Waals surface area contributed by atoms with E-state index in [1.54, 1.807) is 6.08 Å². The summed E-state index contributed by atoms with van der Waals surface area (Å²) >= 11 is 0. The topological polar surface area (TPSA) is 70.8 Å². The molecular formula is C18H19NO4. The van der Waals surface area contributed by atoms with E-state index < -0.39 is 5.91 Å². The quantitative estimate of drug-likeness (QED) is 0.889. The van der Waals surface area contributed by atoms with Crippen LogP contribution in [0.3, 0.4) is 0 Å². The van der Waals surface area contributed by atoms with Crippen LogP contribution in [0.15, 0.2) is 36.9 Å². The minimum absolute atomic E-state index is 0.207. The molecule has 2 aromatic rings. The molecule has 0 aromatic heterocycles. The van der Waals surface area contributed by atoms with Crippen LogP contribution in [0, 0.1) is 0 Å². The summed E-state index contributed by atoms with van der Waals surface area (Å²) in [6, 6.07) is 9.49. The van der Waals surface area contributed by atoms with Gasteiger partial charge in [0.15, 0.2) is 11.5 Å². The van der Waals surface area contributed by atoms with Crippen LogP contribution in [0.4, 0.5) is 0 Å². The number of hydrogen-bond donors (Lipinski definition) is 1. The summed E-state index contributed by atoms with van der Waals surface area (Å²) in [5.74, 6) is 0.366. The van der Waals surface area contributed by atoms with E-state index in [4.69, 9.17) is 19.9 Å². The summed E-state index contributed by atoms with van der Waals surface area (Å²) in [5.41, 5.74) is 7.84. The van der Waals surface area contributed by atoms with E-state index in [1.165, 1.54) is 21.3 Å². The number of amides is 1. The van der Waals surface area contributed by atoms with Gasteiger partial charge in [-0.3, -0.25) is 4.79 Å². The van der Waals surface area contributed by atoms with Crippen LogP contribution >= 0.6 is 0 Å². The first-order chi connectivity index (χ1) is 11.1. The standard InChI is InChI=1S/C18H19NO4/c1-5-12-13(11-9-7-6-8-10-11)15(21-2)17(23-4)16(22-3)14(12)18(19)20/h5-10H,1H2,2-4H3,(H2,19,20). The smallest absolute Gasteiger partial charge is 0.253 e. The highest BCUT2D eigenvalue weighted by Crippen LogP contribution is 2.49. The predicted octanol–water partition coefficient (Wildman–Crippen LogP) is 3.12. The normalized spacial score (nSPS) is 10.0. The third-order valence-electron chi connectivity index (χ3n) is 3.53. The first-order valence-electron chi connectivity index (χ1n) is 6.94. The lowest BCUT2D eigenvalue weighted by atomic mass is 9.92. The van der Waals surface area contributed by atoms with Crippen LogP contribution in [-0.4, -0.2) is 27.2 Å². The Morgan fingerprint density at radius 1 is 1.00 bits per heavy atom. The molecule has 1 amide bonds. The summed E-state index contributed by atoms with van der Waals surface area (Å²) in [4.78, 5) is 12.0. The average molecular weight is 313 g/mol. The van der Waals surface area contributed by atoms with Gasteiger partial charge in [0.2, 0.25) is 5.75 Å². The number of hydrogen-bond acceptors (Lipinski definition) is 4. The summed E-state index contributed by atoms with van der Waals surface area (Å²) in [6.45, 7) is 3.81. The van der Waals surface area contributed by atoms with Crippen molar-refractivity contribution >= 4 is 12.0 Å². The molecule has 23 heavy (non-hydrogen) atoms. The molecule has 0 aliphatic heterocycles. The Hall–Kier alpha value is -2.95. The van der Waals surface area contributed by atoms with E-state index in [1.807, 2.05) is 30.3 Å². The molecular weight excluding hydrogens is 294 g/mol. The fraction of sp³-hybridized carbons (Fsp3) is 0.167. The maximum absolute atomic E-state index is 12.0. The van der Waals surface area contributed by atoms with Crippen molar-refractivity contribution in [1.82, 2.24) is 0 Å². The van der Waals surface area contributed by atoms with E-state index in [9.17, 15) is 4.79 Å². The fourth-order valence-corrected chi connectivity index (χ4v) is 2.61. The number of benzene rings is 2. The van der Waals surface area contributed by atoms with E-state index in [-0.39, 0.29) is 11.3 Å². The van der Waals surface area contributed by atoms with Crippen LogP contribution in [-0.2, 0) is 0 Å². The zero-order valence-corrected chi connectivity index (χ0v) is 13.4. The molecule has 0 unspecified atom stereocenters. The third kappa shape index (κ3) is 2.73. The second-order valence-corrected chi connectivity index (χ2v) is 4.70. The van der Waals surface area contributed by atoms with E-state index in [2.05, 4.69) is 6.58 Å². The third-order valence-corrected chi connectivity index (χ3v) is 3.53. The lowest BCUT2D eigenvalue weighted by Gasteiger charge is -2.21. The first kappa shape index (κ1) is 16.4. The molecule has 0 aliphatic rings. The zero-order valence-electron chi connectivity index (χ0n) is 13.4. The maximum atomic E-state index is 12.0. The minimum atomic E-state index is -0.630. The summed E-state index contributed by atoms with van der Waals surface area (Å²) in [5, 5.41) is 0. The molecule has 0 saturated heterocycles. The van der Waals surface area contributed by atoms with Crippen molar-refractivity contribution in [3.8, 4) is 28.4 Å². The summed E-state index contributed by atoms with van der Waals surface area (Å²) in [6.07, 6.45) is 1.56. The zero-order chi connectivity index (χ0) is 17.0. The van der Waals surface area contributed by atoms with Crippen molar-refractivity contribution in [3.05, 3.63) is 48.0 Å². The summed E-state index contributed by atoms with van der Waals surface area (Å²) < 4.78 is 16.3. The van der Waals surface area contributed by atoms with E-state index in [0.29, 0.717) is 22.6 Å². The Bertz CT molecular complexity index is 739. The number of nitrogens with two attached hydrogens (primary N) is 1. The lowest BCUT2D eigenvalue weighted by molar-refractivity contribution is 0.0996. The molecule has 2 aromatic carbocycles. The number of primary amides is 1. The Morgan fingerprint density at radius 2 is 1.57 bits per heavy atom. The van der Waals surface area contributed by atoms with Gasteiger partial charge < -0.3 is 19.9 Å². The lowest BCUT2D eigenvalue weighted by Crippen LogP contribution is -2.16. The van der Waals surface area contributed by atoms with Crippen molar-refractivity contribution < 1.29 is 19.0 Å². The van der Waals surface area contributed by atoms with Gasteiger partial charge in [-0.05, 0) is 5.56 Å². The van der Waals surface area contributed by atoms with Crippen LogP contribution < -0.4 is 19.9 Å². The maximum Gasteiger partial charge on any atom is 0.253 e. The highest BCUT2D eigenvalue weighted by molar-refractivity contribution is 6.05. The van der Waals surface area contributed by atoms with Crippen molar-refractivity contribution in [2.24, 2.45) is 5.73 Å². The highest BCUT2D eigenvalue weighted by Gasteiger charge is 2.28. The Kier molecular flexibility index (Phi) is 4.91. The van der Waals surface area contributed by atoms with Gasteiger partial charge >= 0.3 is 0 Å². The average Bonchev–Trinajstić information content (AvgIpc) is 2.59. The minimum Gasteiger partial charge on any atom is -0.492 e. The Morgan fingerprint density at radius 3 is 2.00 bits per heavy atom. The molecule has 0 heterocycles. The van der Waals surface area contributed by atoms with Gasteiger partial charge in [-0.25, -0.2) is 0 Å². The fourth-order valence-electron chi connectivity index (χ4n) is 2.61. The number of carbonyl (C=O) groups excluding carboxylic acids is 1. The van der Waals surface area contributed by atoms with Crippen LogP contribution in [0.25, 0.3) is 17.2 Å². The predicted molar refractivity (Wildman–Crippen MR) is 90.1 cm³/mol. The molecule has 0 bridgehead atoms. The first-order valence-corrected chi connectivity index (χ1v) is 6.94. The molecule has 2 N–H and O–H groups in total. The molecule has 0 radical (unpaired) electrons. The number of methoxy groups -OCH3 is 3. The van der Waals surface area contributed by atoms with Gasteiger partial charge in [0.25, 0.3) is 5.91 Å². The van der Waals surface area contributed by atoms with E-state index in [0.717, 1.165) is 5.56 Å².